The Labute approximate surface area is 262 Å². The number of amides is 2. The Morgan fingerprint density at radius 1 is 1.02 bits per heavy atom. The predicted octanol–water partition coefficient (Wildman–Crippen LogP) is 7.75. The van der Waals surface area contributed by atoms with Crippen molar-refractivity contribution in [2.75, 3.05) is 6.54 Å². The molecule has 2 heterocycles. The molecule has 0 saturated carbocycles. The van der Waals surface area contributed by atoms with Gasteiger partial charge in [-0.2, -0.15) is 4.99 Å². The van der Waals surface area contributed by atoms with Crippen molar-refractivity contribution in [1.29, 1.82) is 0 Å². The number of para-hydroxylation sites is 1. The number of ether oxygens (including phenoxy) is 1. The van der Waals surface area contributed by atoms with Crippen LogP contribution in [0.15, 0.2) is 89.5 Å². The minimum atomic E-state index is -4.74. The highest BCUT2D eigenvalue weighted by Crippen LogP contribution is 2.25. The average Bonchev–Trinajstić information content (AvgIpc) is 3.64. The summed E-state index contributed by atoms with van der Waals surface area (Å²) in [6.07, 6.45) is -0.693. The number of aromatic nitrogens is 4. The van der Waals surface area contributed by atoms with Crippen molar-refractivity contribution in [2.24, 2.45) is 4.99 Å². The second kappa shape index (κ2) is 13.9. The maximum Gasteiger partial charge on any atom is 0.573 e. The Bertz CT molecular complexity index is 1810. The van der Waals surface area contributed by atoms with Crippen LogP contribution in [0.4, 0.5) is 18.0 Å². The van der Waals surface area contributed by atoms with E-state index in [-0.39, 0.29) is 11.8 Å². The molecule has 5 rings (SSSR count). The van der Waals surface area contributed by atoms with Gasteiger partial charge in [-0.25, -0.2) is 14.5 Å². The highest BCUT2D eigenvalue weighted by molar-refractivity contribution is 7.07. The minimum absolute atomic E-state index is 0.301. The first-order chi connectivity index (χ1) is 21.6. The quantitative estimate of drug-likeness (QED) is 0.159. The first kappa shape index (κ1) is 31.7. The molecule has 2 aromatic heterocycles. The van der Waals surface area contributed by atoms with Gasteiger partial charge in [0.1, 0.15) is 12.1 Å². The van der Waals surface area contributed by atoms with Crippen molar-refractivity contribution in [3.05, 3.63) is 106 Å². The van der Waals surface area contributed by atoms with Crippen LogP contribution in [0.3, 0.4) is 0 Å². The van der Waals surface area contributed by atoms with Crippen molar-refractivity contribution >= 4 is 17.4 Å². The van der Waals surface area contributed by atoms with Gasteiger partial charge in [0.25, 0.3) is 0 Å². The van der Waals surface area contributed by atoms with Gasteiger partial charge in [0.15, 0.2) is 10.6 Å². The molecule has 0 aliphatic carbocycles. The van der Waals surface area contributed by atoms with Crippen LogP contribution in [-0.4, -0.2) is 38.3 Å². The highest BCUT2D eigenvalue weighted by Gasteiger charge is 2.31. The van der Waals surface area contributed by atoms with Gasteiger partial charge < -0.3 is 10.1 Å². The molecule has 0 unspecified atom stereocenters. The molecule has 0 spiro atoms. The number of hydrogen-bond acceptors (Lipinski definition) is 5. The van der Waals surface area contributed by atoms with Crippen LogP contribution in [0, 0.1) is 6.92 Å². The van der Waals surface area contributed by atoms with Crippen LogP contribution in [0.5, 0.6) is 5.75 Å². The molecule has 45 heavy (non-hydrogen) atoms. The zero-order valence-corrected chi connectivity index (χ0v) is 25.9. The van der Waals surface area contributed by atoms with Crippen LogP contribution < -0.4 is 14.9 Å². The molecule has 5 aromatic rings. The number of nitrogens with zero attached hydrogens (tertiary/aromatic N) is 5. The van der Waals surface area contributed by atoms with Gasteiger partial charge in [-0.3, -0.25) is 4.57 Å². The largest absolute Gasteiger partial charge is 0.573 e. The number of urea groups is 1. The van der Waals surface area contributed by atoms with E-state index >= 15 is 0 Å². The summed E-state index contributed by atoms with van der Waals surface area (Å²) in [5.74, 6) is 0.536. The summed E-state index contributed by atoms with van der Waals surface area (Å²) in [5, 5.41) is 9.37. The average molecular weight is 635 g/mol. The summed E-state index contributed by atoms with van der Waals surface area (Å²) in [5.41, 5.74) is 5.80. The van der Waals surface area contributed by atoms with Crippen LogP contribution in [0.2, 0.25) is 0 Å². The van der Waals surface area contributed by atoms with Gasteiger partial charge >= 0.3 is 12.4 Å². The normalized spacial score (nSPS) is 12.1. The molecule has 0 aliphatic heterocycles. The third kappa shape index (κ3) is 8.27. The molecule has 0 saturated heterocycles. The fourth-order valence-electron chi connectivity index (χ4n) is 4.86. The van der Waals surface area contributed by atoms with Gasteiger partial charge in [0, 0.05) is 23.2 Å². The molecule has 8 nitrogen and oxygen atoms in total. The number of benzene rings is 3. The second-order valence-corrected chi connectivity index (χ2v) is 11.6. The SMILES string of the molecule is Cc1cs/c(=N\C(=O)NCCCCc2ccc(-c3ncn(-c4ccc(OC(F)(F)F)cc4)n3)cc2)n1-c1ccccc1C(C)C. The van der Waals surface area contributed by atoms with E-state index in [0.29, 0.717) is 28.8 Å². The van der Waals surface area contributed by atoms with Gasteiger partial charge in [-0.1, -0.05) is 56.3 Å². The Morgan fingerprint density at radius 3 is 2.47 bits per heavy atom. The summed E-state index contributed by atoms with van der Waals surface area (Å²) < 4.78 is 44.6. The molecule has 0 aliphatic rings. The third-order valence-electron chi connectivity index (χ3n) is 7.08. The van der Waals surface area contributed by atoms with E-state index in [1.165, 1.54) is 52.2 Å². The Kier molecular flexibility index (Phi) is 9.82. The molecule has 12 heteroatoms. The third-order valence-corrected chi connectivity index (χ3v) is 8.03. The summed E-state index contributed by atoms with van der Waals surface area (Å²) in [4.78, 5) is 22.0. The van der Waals surface area contributed by atoms with Crippen molar-refractivity contribution in [3.63, 3.8) is 0 Å². The van der Waals surface area contributed by atoms with Gasteiger partial charge in [0.05, 0.1) is 11.4 Å². The lowest BCUT2D eigenvalue weighted by Gasteiger charge is -2.14. The van der Waals surface area contributed by atoms with E-state index in [9.17, 15) is 18.0 Å². The molecule has 2 amide bonds. The number of halogens is 3. The predicted molar refractivity (Wildman–Crippen MR) is 168 cm³/mol. The van der Waals surface area contributed by atoms with Gasteiger partial charge in [-0.05, 0) is 73.6 Å². The Hall–Kier alpha value is -4.71. The number of carbonyl (C=O) groups excluding carboxylic acids is 1. The molecular formula is C33H33F3N6O2S. The number of aryl methyl sites for hydroxylation is 2. The summed E-state index contributed by atoms with van der Waals surface area (Å²) in [7, 11) is 0. The Morgan fingerprint density at radius 2 is 1.76 bits per heavy atom. The lowest BCUT2D eigenvalue weighted by molar-refractivity contribution is -0.274. The van der Waals surface area contributed by atoms with E-state index in [1.807, 2.05) is 53.3 Å². The maximum absolute atomic E-state index is 12.6. The topological polar surface area (TPSA) is 86.3 Å². The first-order valence-electron chi connectivity index (χ1n) is 14.5. The zero-order valence-electron chi connectivity index (χ0n) is 25.1. The fourth-order valence-corrected chi connectivity index (χ4v) is 5.72. The molecule has 0 atom stereocenters. The minimum Gasteiger partial charge on any atom is -0.406 e. The van der Waals surface area contributed by atoms with Crippen LogP contribution in [-0.2, 0) is 6.42 Å². The molecule has 0 fully saturated rings. The van der Waals surface area contributed by atoms with Crippen molar-refractivity contribution < 1.29 is 22.7 Å². The van der Waals surface area contributed by atoms with E-state index in [2.05, 4.69) is 51.1 Å². The highest BCUT2D eigenvalue weighted by atomic mass is 32.1. The zero-order chi connectivity index (χ0) is 32.0. The van der Waals surface area contributed by atoms with Crippen molar-refractivity contribution in [1.82, 2.24) is 24.6 Å². The van der Waals surface area contributed by atoms with Crippen molar-refractivity contribution in [2.45, 2.75) is 52.3 Å². The maximum atomic E-state index is 12.6. The van der Waals surface area contributed by atoms with Gasteiger partial charge in [-0.15, -0.1) is 29.6 Å². The lowest BCUT2D eigenvalue weighted by atomic mass is 10.0. The molecule has 234 valence electrons. The lowest BCUT2D eigenvalue weighted by Crippen LogP contribution is -2.25. The Balaban J connectivity index is 1.11. The van der Waals surface area contributed by atoms with E-state index in [1.54, 1.807) is 0 Å². The summed E-state index contributed by atoms with van der Waals surface area (Å²) >= 11 is 1.45. The number of thiazole rings is 1. The standard InChI is InChI=1S/C33H33F3N6O2S/c1-22(2)28-9-4-5-10-29(28)42-23(3)20-45-32(42)39-31(43)37-19-7-6-8-24-11-13-25(14-12-24)30-38-21-41(40-30)26-15-17-27(18-16-26)44-33(34,35)36/h4-5,9-18,20-22H,6-8,19H2,1-3H3,(H,37,43)/b39-32-. The number of rotatable bonds is 10. The number of hydrogen-bond donors (Lipinski definition) is 1. The summed E-state index contributed by atoms with van der Waals surface area (Å²) in [6.45, 7) is 6.85. The monoisotopic (exact) mass is 634 g/mol. The van der Waals surface area contributed by atoms with E-state index in [0.717, 1.165) is 41.8 Å². The number of carbonyl (C=O) groups is 1. The molecule has 0 bridgehead atoms. The van der Waals surface area contributed by atoms with Crippen molar-refractivity contribution in [3.8, 4) is 28.5 Å². The molecule has 0 radical (unpaired) electrons. The number of alkyl halides is 3. The van der Waals surface area contributed by atoms with Gasteiger partial charge in [0.2, 0.25) is 0 Å². The summed E-state index contributed by atoms with van der Waals surface area (Å²) in [6, 6.07) is 21.2. The van der Waals surface area contributed by atoms with Crippen LogP contribution in [0.1, 0.15) is 49.4 Å². The van der Waals surface area contributed by atoms with Crippen LogP contribution in [0.25, 0.3) is 22.8 Å². The molecule has 1 N–H and O–H groups in total. The second-order valence-electron chi connectivity index (χ2n) is 10.8. The number of unbranched alkanes of at least 4 members (excludes halogenated alkanes) is 1. The molecule has 3 aromatic carbocycles. The first-order valence-corrected chi connectivity index (χ1v) is 15.4. The van der Waals surface area contributed by atoms with Crippen LogP contribution >= 0.6 is 11.3 Å². The smallest absolute Gasteiger partial charge is 0.406 e. The molecular weight excluding hydrogens is 601 g/mol. The number of nitrogens with one attached hydrogen (secondary N) is 1. The van der Waals surface area contributed by atoms with E-state index < -0.39 is 6.36 Å². The van der Waals surface area contributed by atoms with E-state index in [4.69, 9.17) is 0 Å². The fraction of sp³-hybridized carbons (Fsp3) is 0.273.